The average Bonchev–Trinajstić information content (AvgIpc) is 2.70. The number of ether oxygens (including phenoxy) is 1. The molecule has 0 aromatic carbocycles. The molecule has 0 atom stereocenters. The van der Waals surface area contributed by atoms with E-state index in [0.717, 1.165) is 12.8 Å². The van der Waals surface area contributed by atoms with Crippen LogP contribution in [-0.2, 0) is 9.53 Å². The zero-order valence-electron chi connectivity index (χ0n) is 19.6. The molecular formula is C26H52O2. The van der Waals surface area contributed by atoms with Crippen molar-refractivity contribution < 1.29 is 9.53 Å². The van der Waals surface area contributed by atoms with E-state index in [1.165, 1.54) is 122 Å². The van der Waals surface area contributed by atoms with E-state index in [1.807, 2.05) is 0 Å². The summed E-state index contributed by atoms with van der Waals surface area (Å²) in [7, 11) is 0. The molecule has 168 valence electrons. The number of rotatable bonds is 23. The monoisotopic (exact) mass is 396 g/mol. The molecule has 0 bridgehead atoms. The van der Waals surface area contributed by atoms with Crippen LogP contribution in [0.2, 0.25) is 0 Å². The van der Waals surface area contributed by atoms with Crippen LogP contribution in [0.25, 0.3) is 0 Å². The molecule has 28 heavy (non-hydrogen) atoms. The van der Waals surface area contributed by atoms with Crippen LogP contribution in [0.1, 0.15) is 155 Å². The zero-order valence-corrected chi connectivity index (χ0v) is 19.6. The Balaban J connectivity index is 3.09. The van der Waals surface area contributed by atoms with Gasteiger partial charge >= 0.3 is 5.97 Å². The molecule has 0 saturated heterocycles. The lowest BCUT2D eigenvalue weighted by Gasteiger charge is -2.05. The molecule has 0 aromatic rings. The van der Waals surface area contributed by atoms with Crippen LogP contribution in [0.5, 0.6) is 0 Å². The second-order valence-electron chi connectivity index (χ2n) is 8.69. The molecule has 0 unspecified atom stereocenters. The highest BCUT2D eigenvalue weighted by molar-refractivity contribution is 5.69. The van der Waals surface area contributed by atoms with Gasteiger partial charge in [0.25, 0.3) is 0 Å². The normalized spacial score (nSPS) is 11.1. The van der Waals surface area contributed by atoms with E-state index in [0.29, 0.717) is 13.0 Å². The molecule has 0 aliphatic rings. The minimum atomic E-state index is 0.0115. The topological polar surface area (TPSA) is 26.3 Å². The molecule has 0 radical (unpaired) electrons. The fraction of sp³-hybridized carbons (Fsp3) is 0.962. The van der Waals surface area contributed by atoms with Crippen molar-refractivity contribution >= 4 is 5.97 Å². The van der Waals surface area contributed by atoms with Crippen LogP contribution >= 0.6 is 0 Å². The molecular weight excluding hydrogens is 344 g/mol. The largest absolute Gasteiger partial charge is 0.466 e. The third kappa shape index (κ3) is 23.5. The molecule has 2 heteroatoms. The Morgan fingerprint density at radius 1 is 0.464 bits per heavy atom. The van der Waals surface area contributed by atoms with Gasteiger partial charge in [-0.2, -0.15) is 0 Å². The first-order chi connectivity index (χ1) is 13.8. The van der Waals surface area contributed by atoms with Gasteiger partial charge < -0.3 is 4.74 Å². The summed E-state index contributed by atoms with van der Waals surface area (Å²) in [6.07, 6.45) is 28.7. The first kappa shape index (κ1) is 27.5. The fourth-order valence-electron chi connectivity index (χ4n) is 3.78. The number of carbonyl (C=O) groups excluding carboxylic acids is 1. The van der Waals surface area contributed by atoms with Crippen LogP contribution in [0.3, 0.4) is 0 Å². The average molecular weight is 397 g/mol. The Morgan fingerprint density at radius 2 is 0.786 bits per heavy atom. The van der Waals surface area contributed by atoms with Gasteiger partial charge in [-0.1, -0.05) is 136 Å². The Kier molecular flexibility index (Phi) is 24.0. The quantitative estimate of drug-likeness (QED) is 0.127. The number of unbranched alkanes of at least 4 members (excludes halogenated alkanes) is 19. The highest BCUT2D eigenvalue weighted by atomic mass is 16.5. The molecule has 0 aromatic heterocycles. The maximum Gasteiger partial charge on any atom is 0.305 e. The van der Waals surface area contributed by atoms with Crippen LogP contribution in [-0.4, -0.2) is 12.6 Å². The summed E-state index contributed by atoms with van der Waals surface area (Å²) in [6.45, 7) is 5.11. The number of hydrogen-bond acceptors (Lipinski definition) is 2. The lowest BCUT2D eigenvalue weighted by atomic mass is 10.0. The summed E-state index contributed by atoms with van der Waals surface area (Å²) in [5, 5.41) is 0. The minimum absolute atomic E-state index is 0.0115. The van der Waals surface area contributed by atoms with E-state index in [9.17, 15) is 4.79 Å². The first-order valence-electron chi connectivity index (χ1n) is 13.0. The third-order valence-electron chi connectivity index (χ3n) is 5.75. The Hall–Kier alpha value is -0.530. The Labute approximate surface area is 177 Å². The molecule has 0 amide bonds. The molecule has 0 aliphatic carbocycles. The van der Waals surface area contributed by atoms with Gasteiger partial charge in [0.05, 0.1) is 6.61 Å². The molecule has 2 nitrogen and oxygen atoms in total. The van der Waals surface area contributed by atoms with Crippen LogP contribution in [0.4, 0.5) is 0 Å². The molecule has 0 aliphatic heterocycles. The first-order valence-corrected chi connectivity index (χ1v) is 13.0. The Morgan fingerprint density at radius 3 is 1.18 bits per heavy atom. The van der Waals surface area contributed by atoms with Gasteiger partial charge in [-0.3, -0.25) is 4.79 Å². The predicted molar refractivity (Wildman–Crippen MR) is 124 cm³/mol. The lowest BCUT2D eigenvalue weighted by molar-refractivity contribution is -0.143. The highest BCUT2D eigenvalue weighted by Crippen LogP contribution is 2.14. The van der Waals surface area contributed by atoms with Gasteiger partial charge in [0.1, 0.15) is 0 Å². The van der Waals surface area contributed by atoms with E-state index < -0.39 is 0 Å². The molecule has 0 saturated carbocycles. The van der Waals surface area contributed by atoms with Gasteiger partial charge in [0, 0.05) is 6.42 Å². The van der Waals surface area contributed by atoms with Gasteiger partial charge in [0.15, 0.2) is 0 Å². The van der Waals surface area contributed by atoms with Crippen LogP contribution in [0, 0.1) is 0 Å². The van der Waals surface area contributed by atoms with Crippen molar-refractivity contribution in [1.29, 1.82) is 0 Å². The van der Waals surface area contributed by atoms with Crippen molar-refractivity contribution in [2.75, 3.05) is 6.61 Å². The van der Waals surface area contributed by atoms with E-state index >= 15 is 0 Å². The summed E-state index contributed by atoms with van der Waals surface area (Å²) in [5.41, 5.74) is 0. The molecule has 0 fully saturated rings. The van der Waals surface area contributed by atoms with Crippen molar-refractivity contribution in [3.05, 3.63) is 0 Å². The smallest absolute Gasteiger partial charge is 0.305 e. The van der Waals surface area contributed by atoms with Crippen molar-refractivity contribution in [2.24, 2.45) is 0 Å². The van der Waals surface area contributed by atoms with Gasteiger partial charge in [-0.05, 0) is 12.8 Å². The summed E-state index contributed by atoms with van der Waals surface area (Å²) in [5.74, 6) is 0.0115. The van der Waals surface area contributed by atoms with E-state index in [1.54, 1.807) is 0 Å². The fourth-order valence-corrected chi connectivity index (χ4v) is 3.78. The summed E-state index contributed by atoms with van der Waals surface area (Å²) < 4.78 is 5.28. The summed E-state index contributed by atoms with van der Waals surface area (Å²) >= 11 is 0. The second-order valence-corrected chi connectivity index (χ2v) is 8.69. The van der Waals surface area contributed by atoms with Gasteiger partial charge in [-0.25, -0.2) is 0 Å². The lowest BCUT2D eigenvalue weighted by Crippen LogP contribution is -2.05. The van der Waals surface area contributed by atoms with Crippen LogP contribution < -0.4 is 0 Å². The maximum absolute atomic E-state index is 11.6. The van der Waals surface area contributed by atoms with Crippen molar-refractivity contribution in [2.45, 2.75) is 155 Å². The molecule has 0 N–H and O–H groups in total. The highest BCUT2D eigenvalue weighted by Gasteiger charge is 2.02. The van der Waals surface area contributed by atoms with Crippen molar-refractivity contribution in [1.82, 2.24) is 0 Å². The predicted octanol–water partition coefficient (Wildman–Crippen LogP) is 9.15. The second kappa shape index (κ2) is 24.5. The number of hydrogen-bond donors (Lipinski definition) is 0. The van der Waals surface area contributed by atoms with E-state index in [2.05, 4.69) is 13.8 Å². The zero-order chi connectivity index (χ0) is 20.5. The van der Waals surface area contributed by atoms with E-state index in [-0.39, 0.29) is 5.97 Å². The van der Waals surface area contributed by atoms with Crippen LogP contribution in [0.15, 0.2) is 0 Å². The van der Waals surface area contributed by atoms with Crippen molar-refractivity contribution in [3.8, 4) is 0 Å². The molecule has 0 spiro atoms. The SMILES string of the molecule is CCCCCCCCCCCCCCCCCCCC(=O)OCCCCCC. The Bertz CT molecular complexity index is 301. The standard InChI is InChI=1S/C26H52O2/c1-3-5-7-9-10-11-12-13-14-15-16-17-18-19-20-21-22-24-26(27)28-25-23-8-6-4-2/h3-25H2,1-2H3. The van der Waals surface area contributed by atoms with Gasteiger partial charge in [-0.15, -0.1) is 0 Å². The number of esters is 1. The van der Waals surface area contributed by atoms with E-state index in [4.69, 9.17) is 4.74 Å². The third-order valence-corrected chi connectivity index (χ3v) is 5.75. The summed E-state index contributed by atoms with van der Waals surface area (Å²) in [4.78, 5) is 11.6. The maximum atomic E-state index is 11.6. The molecule has 0 heterocycles. The van der Waals surface area contributed by atoms with Gasteiger partial charge in [0.2, 0.25) is 0 Å². The summed E-state index contributed by atoms with van der Waals surface area (Å²) in [6, 6.07) is 0. The minimum Gasteiger partial charge on any atom is -0.466 e. The molecule has 0 rings (SSSR count). The number of carbonyl (C=O) groups is 1. The van der Waals surface area contributed by atoms with Crippen molar-refractivity contribution in [3.63, 3.8) is 0 Å².